The summed E-state index contributed by atoms with van der Waals surface area (Å²) >= 11 is 0. The minimum Gasteiger partial charge on any atom is -0.508 e. The van der Waals surface area contributed by atoms with Crippen molar-refractivity contribution in [3.63, 3.8) is 0 Å². The van der Waals surface area contributed by atoms with Crippen molar-refractivity contribution < 1.29 is 5.11 Å². The average molecular weight is 260 g/mol. The van der Waals surface area contributed by atoms with Crippen LogP contribution in [-0.2, 0) is 6.54 Å². The fourth-order valence-electron chi connectivity index (χ4n) is 3.56. The fourth-order valence-corrected chi connectivity index (χ4v) is 3.56. The minimum absolute atomic E-state index is 0.379. The molecule has 0 saturated carbocycles. The molecule has 2 aliphatic heterocycles. The van der Waals surface area contributed by atoms with E-state index in [1.54, 1.807) is 6.07 Å². The zero-order chi connectivity index (χ0) is 13.1. The van der Waals surface area contributed by atoms with Gasteiger partial charge in [-0.25, -0.2) is 0 Å². The number of piperidine rings is 2. The zero-order valence-electron chi connectivity index (χ0n) is 11.6. The topological polar surface area (TPSA) is 35.5 Å². The number of nitrogens with one attached hydrogen (secondary N) is 1. The van der Waals surface area contributed by atoms with Crippen molar-refractivity contribution >= 4 is 0 Å². The second-order valence-corrected chi connectivity index (χ2v) is 6.20. The lowest BCUT2D eigenvalue weighted by Crippen LogP contribution is -2.45. The number of nitrogens with zero attached hydrogens (tertiary/aromatic N) is 1. The van der Waals surface area contributed by atoms with Gasteiger partial charge in [-0.15, -0.1) is 0 Å². The SMILES string of the molecule is Oc1cccc(CN2CCC3(CCNCC3)CC2)c1. The van der Waals surface area contributed by atoms with Crippen LogP contribution in [0.5, 0.6) is 5.75 Å². The lowest BCUT2D eigenvalue weighted by Gasteiger charge is -2.44. The molecule has 3 rings (SSSR count). The van der Waals surface area contributed by atoms with Crippen molar-refractivity contribution in [2.75, 3.05) is 26.2 Å². The maximum atomic E-state index is 9.52. The largest absolute Gasteiger partial charge is 0.508 e. The number of hydrogen-bond acceptors (Lipinski definition) is 3. The molecule has 0 amide bonds. The van der Waals surface area contributed by atoms with E-state index in [0.29, 0.717) is 11.2 Å². The maximum Gasteiger partial charge on any atom is 0.115 e. The third kappa shape index (κ3) is 3.10. The van der Waals surface area contributed by atoms with E-state index < -0.39 is 0 Å². The number of hydrogen-bond donors (Lipinski definition) is 2. The van der Waals surface area contributed by atoms with Crippen molar-refractivity contribution in [3.8, 4) is 5.75 Å². The Labute approximate surface area is 115 Å². The smallest absolute Gasteiger partial charge is 0.115 e. The molecule has 0 aromatic heterocycles. The maximum absolute atomic E-state index is 9.52. The summed E-state index contributed by atoms with van der Waals surface area (Å²) < 4.78 is 0. The summed E-state index contributed by atoms with van der Waals surface area (Å²) in [5.74, 6) is 0.379. The first-order chi connectivity index (χ1) is 9.26. The molecule has 104 valence electrons. The van der Waals surface area contributed by atoms with E-state index in [1.807, 2.05) is 12.1 Å². The first-order valence-corrected chi connectivity index (χ1v) is 7.47. The molecule has 1 spiro atoms. The van der Waals surface area contributed by atoms with Gasteiger partial charge in [0, 0.05) is 6.54 Å². The van der Waals surface area contributed by atoms with Gasteiger partial charge in [-0.1, -0.05) is 12.1 Å². The zero-order valence-corrected chi connectivity index (χ0v) is 11.6. The fraction of sp³-hybridized carbons (Fsp3) is 0.625. The standard InChI is InChI=1S/C16H24N2O/c19-15-3-1-2-14(12-15)13-18-10-6-16(7-11-18)4-8-17-9-5-16/h1-3,12,17,19H,4-11,13H2. The van der Waals surface area contributed by atoms with Crippen LogP contribution in [0.1, 0.15) is 31.2 Å². The molecule has 3 nitrogen and oxygen atoms in total. The van der Waals surface area contributed by atoms with Crippen molar-refractivity contribution in [2.45, 2.75) is 32.2 Å². The minimum atomic E-state index is 0.379. The molecule has 1 aromatic rings. The molecule has 2 saturated heterocycles. The van der Waals surface area contributed by atoms with Crippen molar-refractivity contribution in [2.24, 2.45) is 5.41 Å². The number of aromatic hydroxyl groups is 1. The number of phenolic OH excluding ortho intramolecular Hbond substituents is 1. The molecule has 0 aliphatic carbocycles. The lowest BCUT2D eigenvalue weighted by molar-refractivity contribution is 0.0701. The molecule has 3 heteroatoms. The molecule has 0 unspecified atom stereocenters. The van der Waals surface area contributed by atoms with E-state index in [2.05, 4.69) is 16.3 Å². The molecule has 1 aromatic carbocycles. The third-order valence-electron chi connectivity index (χ3n) is 4.90. The Morgan fingerprint density at radius 1 is 1.11 bits per heavy atom. The van der Waals surface area contributed by atoms with Gasteiger partial charge >= 0.3 is 0 Å². The Hall–Kier alpha value is -1.06. The highest BCUT2D eigenvalue weighted by atomic mass is 16.3. The molecule has 2 N–H and O–H groups in total. The van der Waals surface area contributed by atoms with Crippen molar-refractivity contribution in [1.82, 2.24) is 10.2 Å². The van der Waals surface area contributed by atoms with Gasteiger partial charge in [0.2, 0.25) is 0 Å². The Morgan fingerprint density at radius 2 is 1.84 bits per heavy atom. The highest BCUT2D eigenvalue weighted by Gasteiger charge is 2.35. The van der Waals surface area contributed by atoms with Crippen LogP contribution in [-0.4, -0.2) is 36.2 Å². The van der Waals surface area contributed by atoms with Crippen LogP contribution < -0.4 is 5.32 Å². The molecule has 19 heavy (non-hydrogen) atoms. The van der Waals surface area contributed by atoms with Gasteiger partial charge in [0.25, 0.3) is 0 Å². The highest BCUT2D eigenvalue weighted by molar-refractivity contribution is 5.27. The predicted molar refractivity (Wildman–Crippen MR) is 77.2 cm³/mol. The number of phenols is 1. The summed E-state index contributed by atoms with van der Waals surface area (Å²) in [6, 6.07) is 7.66. The summed E-state index contributed by atoms with van der Waals surface area (Å²) in [5, 5.41) is 13.0. The van der Waals surface area contributed by atoms with Crippen LogP contribution in [0.3, 0.4) is 0 Å². The first kappa shape index (κ1) is 12.9. The van der Waals surface area contributed by atoms with E-state index in [4.69, 9.17) is 0 Å². The second-order valence-electron chi connectivity index (χ2n) is 6.20. The van der Waals surface area contributed by atoms with Crippen LogP contribution in [0.15, 0.2) is 24.3 Å². The molecule has 2 heterocycles. The molecule has 0 radical (unpaired) electrons. The summed E-state index contributed by atoms with van der Waals surface area (Å²) in [4.78, 5) is 2.53. The summed E-state index contributed by atoms with van der Waals surface area (Å²) in [5.41, 5.74) is 1.85. The Kier molecular flexibility index (Phi) is 3.76. The van der Waals surface area contributed by atoms with Crippen LogP contribution in [0.4, 0.5) is 0 Å². The molecule has 0 atom stereocenters. The highest BCUT2D eigenvalue weighted by Crippen LogP contribution is 2.39. The summed E-state index contributed by atoms with van der Waals surface area (Å²) in [6.45, 7) is 5.78. The van der Waals surface area contributed by atoms with Gasteiger partial charge in [-0.2, -0.15) is 0 Å². The van der Waals surface area contributed by atoms with Crippen LogP contribution in [0.2, 0.25) is 0 Å². The quantitative estimate of drug-likeness (QED) is 0.857. The molecule has 0 bridgehead atoms. The Balaban J connectivity index is 1.55. The average Bonchev–Trinajstić information content (AvgIpc) is 2.43. The van der Waals surface area contributed by atoms with Crippen molar-refractivity contribution in [3.05, 3.63) is 29.8 Å². The first-order valence-electron chi connectivity index (χ1n) is 7.47. The van der Waals surface area contributed by atoms with E-state index in [1.165, 1.54) is 57.4 Å². The lowest BCUT2D eigenvalue weighted by atomic mass is 9.71. The molecular formula is C16H24N2O. The van der Waals surface area contributed by atoms with Crippen LogP contribution >= 0.6 is 0 Å². The van der Waals surface area contributed by atoms with E-state index in [9.17, 15) is 5.11 Å². The third-order valence-corrected chi connectivity index (χ3v) is 4.90. The van der Waals surface area contributed by atoms with E-state index in [-0.39, 0.29) is 0 Å². The van der Waals surface area contributed by atoms with Gasteiger partial charge in [0.1, 0.15) is 5.75 Å². The van der Waals surface area contributed by atoms with Crippen LogP contribution in [0, 0.1) is 5.41 Å². The molecule has 2 fully saturated rings. The second kappa shape index (κ2) is 5.51. The Bertz CT molecular complexity index is 417. The van der Waals surface area contributed by atoms with Gasteiger partial charge in [-0.05, 0) is 75.0 Å². The van der Waals surface area contributed by atoms with Gasteiger partial charge in [-0.3, -0.25) is 4.90 Å². The van der Waals surface area contributed by atoms with Gasteiger partial charge < -0.3 is 10.4 Å². The van der Waals surface area contributed by atoms with E-state index >= 15 is 0 Å². The Morgan fingerprint density at radius 3 is 2.53 bits per heavy atom. The normalized spacial score (nSPS) is 23.6. The van der Waals surface area contributed by atoms with Crippen LogP contribution in [0.25, 0.3) is 0 Å². The summed E-state index contributed by atoms with van der Waals surface area (Å²) in [7, 11) is 0. The number of likely N-dealkylation sites (tertiary alicyclic amines) is 1. The molecule has 2 aliphatic rings. The van der Waals surface area contributed by atoms with Crippen molar-refractivity contribution in [1.29, 1.82) is 0 Å². The van der Waals surface area contributed by atoms with E-state index in [0.717, 1.165) is 6.54 Å². The number of benzene rings is 1. The molecular weight excluding hydrogens is 236 g/mol. The monoisotopic (exact) mass is 260 g/mol. The predicted octanol–water partition coefficient (Wildman–Crippen LogP) is 2.36. The van der Waals surface area contributed by atoms with Gasteiger partial charge in [0.05, 0.1) is 0 Å². The summed E-state index contributed by atoms with van der Waals surface area (Å²) in [6.07, 6.45) is 5.39. The number of rotatable bonds is 2. The van der Waals surface area contributed by atoms with Gasteiger partial charge in [0.15, 0.2) is 0 Å².